The summed E-state index contributed by atoms with van der Waals surface area (Å²) in [5.41, 5.74) is 2.42. The second-order valence-electron chi connectivity index (χ2n) is 7.17. The quantitative estimate of drug-likeness (QED) is 0.478. The van der Waals surface area contributed by atoms with Gasteiger partial charge in [-0.3, -0.25) is 10.2 Å². The Hall–Kier alpha value is -3.30. The number of piperidine rings is 1. The molecule has 0 aliphatic carbocycles. The third kappa shape index (κ3) is 6.60. The third-order valence-electron chi connectivity index (χ3n) is 4.81. The number of hydrazone groups is 1. The molecular weight excluding hydrogens is 425 g/mol. The van der Waals surface area contributed by atoms with E-state index in [1.165, 1.54) is 12.3 Å². The van der Waals surface area contributed by atoms with Gasteiger partial charge in [-0.15, -0.1) is 0 Å². The molecule has 0 spiro atoms. The molecule has 0 unspecified atom stereocenters. The monoisotopic (exact) mass is 450 g/mol. The highest BCUT2D eigenvalue weighted by Crippen LogP contribution is 2.29. The Morgan fingerprint density at radius 1 is 1.16 bits per heavy atom. The first-order chi connectivity index (χ1) is 15.4. The highest BCUT2D eigenvalue weighted by molar-refractivity contribution is 5.81. The number of ether oxygens (including phenoxy) is 2. The maximum Gasteiger partial charge on any atom is 0.417 e. The summed E-state index contributed by atoms with van der Waals surface area (Å²) in [4.78, 5) is 17.8. The van der Waals surface area contributed by atoms with Crippen molar-refractivity contribution in [2.75, 3.05) is 31.7 Å². The molecule has 1 aliphatic rings. The number of pyridine rings is 1. The number of rotatable bonds is 8. The molecule has 32 heavy (non-hydrogen) atoms. The fourth-order valence-corrected chi connectivity index (χ4v) is 3.17. The van der Waals surface area contributed by atoms with Gasteiger partial charge in [-0.25, -0.2) is 4.98 Å². The van der Waals surface area contributed by atoms with E-state index < -0.39 is 11.7 Å². The van der Waals surface area contributed by atoms with Crippen molar-refractivity contribution in [2.24, 2.45) is 5.10 Å². The molecule has 1 aromatic heterocycles. The number of halogens is 3. The normalized spacial score (nSPS) is 14.4. The lowest BCUT2D eigenvalue weighted by Gasteiger charge is -2.26. The van der Waals surface area contributed by atoms with Crippen LogP contribution in [0.1, 0.15) is 37.3 Å². The van der Waals surface area contributed by atoms with Crippen LogP contribution in [0.4, 0.5) is 19.0 Å². The topological polar surface area (TPSA) is 76.0 Å². The Bertz CT molecular complexity index is 927. The molecule has 172 valence electrons. The molecule has 3 rings (SSSR count). The van der Waals surface area contributed by atoms with Gasteiger partial charge in [0.1, 0.15) is 5.82 Å². The Kier molecular flexibility index (Phi) is 7.91. The standard InChI is InChI=1S/C22H25F3N4O3/c1-2-31-19-12-16(13-27-28-20-9-7-17(14-26-20)22(23,24)25)6-8-18(19)32-15-21(30)29-10-4-3-5-11-29/h6-9,12-14H,2-5,10-11,15H2,1H3,(H,26,28)/b27-13+. The van der Waals surface area contributed by atoms with Gasteiger partial charge in [-0.1, -0.05) is 0 Å². The lowest BCUT2D eigenvalue weighted by atomic mass is 10.1. The number of nitrogens with one attached hydrogen (secondary N) is 1. The van der Waals surface area contributed by atoms with E-state index in [0.29, 0.717) is 23.7 Å². The fraction of sp³-hybridized carbons (Fsp3) is 0.409. The Labute approximate surface area is 184 Å². The number of carbonyl (C=O) groups excluding carboxylic acids is 1. The van der Waals surface area contributed by atoms with Crippen molar-refractivity contribution < 1.29 is 27.4 Å². The van der Waals surface area contributed by atoms with E-state index in [9.17, 15) is 18.0 Å². The van der Waals surface area contributed by atoms with Crippen molar-refractivity contribution in [1.29, 1.82) is 0 Å². The van der Waals surface area contributed by atoms with Gasteiger partial charge < -0.3 is 14.4 Å². The minimum atomic E-state index is -4.44. The highest BCUT2D eigenvalue weighted by Gasteiger charge is 2.30. The second kappa shape index (κ2) is 10.8. The summed E-state index contributed by atoms with van der Waals surface area (Å²) in [6, 6.07) is 7.24. The summed E-state index contributed by atoms with van der Waals surface area (Å²) < 4.78 is 49.1. The number of aromatic nitrogens is 1. The number of hydrogen-bond donors (Lipinski definition) is 1. The summed E-state index contributed by atoms with van der Waals surface area (Å²) in [5, 5.41) is 3.99. The van der Waals surface area contributed by atoms with Crippen molar-refractivity contribution >= 4 is 17.9 Å². The Morgan fingerprint density at radius 3 is 2.59 bits per heavy atom. The van der Waals surface area contributed by atoms with Crippen LogP contribution in [0.25, 0.3) is 0 Å². The number of amides is 1. The van der Waals surface area contributed by atoms with Crippen LogP contribution in [0.2, 0.25) is 0 Å². The van der Waals surface area contributed by atoms with Crippen LogP contribution in [-0.2, 0) is 11.0 Å². The smallest absolute Gasteiger partial charge is 0.417 e. The summed E-state index contributed by atoms with van der Waals surface area (Å²) in [5.74, 6) is 1.05. The molecule has 7 nitrogen and oxygen atoms in total. The van der Waals surface area contributed by atoms with Gasteiger partial charge in [-0.05, 0) is 62.1 Å². The van der Waals surface area contributed by atoms with E-state index in [1.54, 1.807) is 18.2 Å². The van der Waals surface area contributed by atoms with Crippen molar-refractivity contribution in [1.82, 2.24) is 9.88 Å². The van der Waals surface area contributed by atoms with Gasteiger partial charge in [0.25, 0.3) is 5.91 Å². The van der Waals surface area contributed by atoms with Crippen LogP contribution in [0, 0.1) is 0 Å². The van der Waals surface area contributed by atoms with Crippen LogP contribution in [0.15, 0.2) is 41.6 Å². The molecule has 1 aliphatic heterocycles. The molecule has 1 saturated heterocycles. The largest absolute Gasteiger partial charge is 0.490 e. The minimum Gasteiger partial charge on any atom is -0.490 e. The van der Waals surface area contributed by atoms with E-state index in [2.05, 4.69) is 15.5 Å². The van der Waals surface area contributed by atoms with Crippen molar-refractivity contribution in [3.8, 4) is 11.5 Å². The molecule has 0 bridgehead atoms. The number of anilines is 1. The number of benzene rings is 1. The molecule has 1 aromatic carbocycles. The first kappa shape index (κ1) is 23.4. The van der Waals surface area contributed by atoms with Gasteiger partial charge in [0.05, 0.1) is 18.4 Å². The first-order valence-corrected chi connectivity index (χ1v) is 10.4. The Morgan fingerprint density at radius 2 is 1.94 bits per heavy atom. The van der Waals surface area contributed by atoms with Crippen LogP contribution < -0.4 is 14.9 Å². The third-order valence-corrected chi connectivity index (χ3v) is 4.81. The van der Waals surface area contributed by atoms with Gasteiger partial charge in [-0.2, -0.15) is 18.3 Å². The number of likely N-dealkylation sites (tertiary alicyclic amines) is 1. The summed E-state index contributed by atoms with van der Waals surface area (Å²) in [6.07, 6.45) is 0.950. The van der Waals surface area contributed by atoms with Gasteiger partial charge in [0.2, 0.25) is 0 Å². The predicted molar refractivity (Wildman–Crippen MR) is 114 cm³/mol. The SMILES string of the molecule is CCOc1cc(/C=N/Nc2ccc(C(F)(F)F)cn2)ccc1OCC(=O)N1CCCCC1. The van der Waals surface area contributed by atoms with Crippen molar-refractivity contribution in [3.05, 3.63) is 47.7 Å². The van der Waals surface area contributed by atoms with Crippen LogP contribution in [-0.4, -0.2) is 48.3 Å². The second-order valence-corrected chi connectivity index (χ2v) is 7.17. The molecule has 0 saturated carbocycles. The number of alkyl halides is 3. The number of hydrogen-bond acceptors (Lipinski definition) is 6. The molecule has 2 aromatic rings. The molecule has 10 heteroatoms. The molecule has 0 radical (unpaired) electrons. The first-order valence-electron chi connectivity index (χ1n) is 10.4. The lowest BCUT2D eigenvalue weighted by Crippen LogP contribution is -2.38. The highest BCUT2D eigenvalue weighted by atomic mass is 19.4. The molecule has 1 fully saturated rings. The van der Waals surface area contributed by atoms with Crippen molar-refractivity contribution in [2.45, 2.75) is 32.4 Å². The van der Waals surface area contributed by atoms with Gasteiger partial charge in [0, 0.05) is 19.3 Å². The fourth-order valence-electron chi connectivity index (χ4n) is 3.17. The predicted octanol–water partition coefficient (Wildman–Crippen LogP) is 4.34. The lowest BCUT2D eigenvalue weighted by molar-refractivity contribution is -0.138. The van der Waals surface area contributed by atoms with E-state index in [1.807, 2.05) is 11.8 Å². The zero-order valence-corrected chi connectivity index (χ0v) is 17.7. The molecule has 1 N–H and O–H groups in total. The van der Waals surface area contributed by atoms with E-state index in [-0.39, 0.29) is 18.3 Å². The maximum absolute atomic E-state index is 12.6. The summed E-state index contributed by atoms with van der Waals surface area (Å²) in [6.45, 7) is 3.70. The van der Waals surface area contributed by atoms with E-state index in [4.69, 9.17) is 9.47 Å². The zero-order chi connectivity index (χ0) is 23.0. The summed E-state index contributed by atoms with van der Waals surface area (Å²) >= 11 is 0. The molecule has 2 heterocycles. The van der Waals surface area contributed by atoms with E-state index >= 15 is 0 Å². The molecular formula is C22H25F3N4O3. The maximum atomic E-state index is 12.6. The average Bonchev–Trinajstić information content (AvgIpc) is 2.79. The average molecular weight is 450 g/mol. The zero-order valence-electron chi connectivity index (χ0n) is 17.7. The van der Waals surface area contributed by atoms with E-state index in [0.717, 1.165) is 44.6 Å². The van der Waals surface area contributed by atoms with Gasteiger partial charge in [0.15, 0.2) is 18.1 Å². The van der Waals surface area contributed by atoms with Crippen LogP contribution in [0.5, 0.6) is 11.5 Å². The van der Waals surface area contributed by atoms with Gasteiger partial charge >= 0.3 is 6.18 Å². The van der Waals surface area contributed by atoms with Crippen molar-refractivity contribution in [3.63, 3.8) is 0 Å². The Balaban J connectivity index is 1.60. The minimum absolute atomic E-state index is 0.0500. The number of nitrogens with zero attached hydrogens (tertiary/aromatic N) is 3. The summed E-state index contributed by atoms with van der Waals surface area (Å²) in [7, 11) is 0. The van der Waals surface area contributed by atoms with Crippen LogP contribution >= 0.6 is 0 Å². The molecule has 1 amide bonds. The molecule has 0 atom stereocenters. The number of carbonyl (C=O) groups is 1. The van der Waals surface area contributed by atoms with Crippen LogP contribution in [0.3, 0.4) is 0 Å².